The molecular weight excluding hydrogens is 254 g/mol. The van der Waals surface area contributed by atoms with Gasteiger partial charge in [-0.25, -0.2) is 0 Å². The fourth-order valence-electron chi connectivity index (χ4n) is 2.75. The van der Waals surface area contributed by atoms with E-state index in [0.29, 0.717) is 17.8 Å². The smallest absolute Gasteiger partial charge is 0.292 e. The number of hydrogen-bond acceptors (Lipinski definition) is 4. The average Bonchev–Trinajstić information content (AvgIpc) is 2.65. The second-order valence-corrected chi connectivity index (χ2v) is 5.68. The summed E-state index contributed by atoms with van der Waals surface area (Å²) >= 11 is 0. The minimum atomic E-state index is -0.320. The van der Waals surface area contributed by atoms with E-state index in [1.807, 2.05) is 6.07 Å². The Morgan fingerprint density at radius 2 is 2.05 bits per heavy atom. The first-order chi connectivity index (χ1) is 9.58. The summed E-state index contributed by atoms with van der Waals surface area (Å²) in [5.74, 6) is 0. The Balaban J connectivity index is 2.02. The molecule has 20 heavy (non-hydrogen) atoms. The number of likely N-dealkylation sites (tertiary alicyclic amines) is 1. The number of nitro benzene ring substituents is 1. The van der Waals surface area contributed by atoms with Crippen molar-refractivity contribution in [2.75, 3.05) is 18.4 Å². The largest absolute Gasteiger partial charge is 0.377 e. The van der Waals surface area contributed by atoms with Crippen LogP contribution in [0.4, 0.5) is 11.4 Å². The molecule has 0 amide bonds. The fourth-order valence-corrected chi connectivity index (χ4v) is 2.75. The van der Waals surface area contributed by atoms with Gasteiger partial charge in [-0.15, -0.1) is 0 Å². The summed E-state index contributed by atoms with van der Waals surface area (Å²) in [4.78, 5) is 13.2. The molecule has 1 atom stereocenters. The topological polar surface area (TPSA) is 58.4 Å². The number of nitro groups is 1. The molecule has 1 heterocycles. The summed E-state index contributed by atoms with van der Waals surface area (Å²) in [6, 6.07) is 7.78. The summed E-state index contributed by atoms with van der Waals surface area (Å²) in [7, 11) is 0. The lowest BCUT2D eigenvalue weighted by molar-refractivity contribution is -0.384. The van der Waals surface area contributed by atoms with Crippen molar-refractivity contribution in [3.05, 3.63) is 34.4 Å². The maximum atomic E-state index is 11.0. The molecule has 5 nitrogen and oxygen atoms in total. The Morgan fingerprint density at radius 3 is 2.75 bits per heavy atom. The van der Waals surface area contributed by atoms with Gasteiger partial charge in [0.25, 0.3) is 5.69 Å². The molecule has 0 aromatic heterocycles. The van der Waals surface area contributed by atoms with E-state index in [2.05, 4.69) is 24.1 Å². The van der Waals surface area contributed by atoms with Crippen molar-refractivity contribution in [3.8, 4) is 0 Å². The summed E-state index contributed by atoms with van der Waals surface area (Å²) in [5, 5.41) is 14.4. The Bertz CT molecular complexity index is 462. The Kier molecular flexibility index (Phi) is 4.95. The zero-order chi connectivity index (χ0) is 14.5. The number of nitrogens with one attached hydrogen (secondary N) is 1. The summed E-state index contributed by atoms with van der Waals surface area (Å²) in [6.45, 7) is 6.61. The van der Waals surface area contributed by atoms with Crippen molar-refractivity contribution >= 4 is 11.4 Å². The molecular formula is C15H23N3O2. The van der Waals surface area contributed by atoms with Crippen LogP contribution in [0.15, 0.2) is 24.3 Å². The van der Waals surface area contributed by atoms with Crippen molar-refractivity contribution < 1.29 is 4.92 Å². The van der Waals surface area contributed by atoms with Crippen molar-refractivity contribution in [2.45, 2.75) is 45.2 Å². The molecule has 1 N–H and O–H groups in total. The van der Waals surface area contributed by atoms with E-state index in [9.17, 15) is 10.1 Å². The van der Waals surface area contributed by atoms with Gasteiger partial charge in [0, 0.05) is 24.7 Å². The van der Waals surface area contributed by atoms with E-state index in [1.165, 1.54) is 0 Å². The predicted octanol–water partition coefficient (Wildman–Crippen LogP) is 3.27. The Morgan fingerprint density at radius 1 is 1.30 bits per heavy atom. The molecule has 0 aliphatic carbocycles. The number of benzene rings is 1. The highest BCUT2D eigenvalue weighted by molar-refractivity contribution is 5.61. The number of anilines is 1. The van der Waals surface area contributed by atoms with E-state index < -0.39 is 0 Å². The third kappa shape index (κ3) is 3.70. The standard InChI is InChI=1S/C15H23N3O2/c1-12(2)17-10-5-6-13(9-11-17)16-14-7-3-4-8-15(14)18(19)20/h3-4,7-8,12-13,16H,5-6,9-11H2,1-2H3. The molecule has 1 saturated heterocycles. The van der Waals surface area contributed by atoms with Crippen LogP contribution >= 0.6 is 0 Å². The summed E-state index contributed by atoms with van der Waals surface area (Å²) in [5.41, 5.74) is 0.804. The minimum absolute atomic E-state index is 0.164. The second-order valence-electron chi connectivity index (χ2n) is 5.68. The van der Waals surface area contributed by atoms with Crippen molar-refractivity contribution in [1.29, 1.82) is 0 Å². The zero-order valence-corrected chi connectivity index (χ0v) is 12.2. The molecule has 1 fully saturated rings. The van der Waals surface area contributed by atoms with Gasteiger partial charge in [0.05, 0.1) is 4.92 Å². The van der Waals surface area contributed by atoms with Gasteiger partial charge in [0.2, 0.25) is 0 Å². The minimum Gasteiger partial charge on any atom is -0.377 e. The molecule has 1 aromatic carbocycles. The highest BCUT2D eigenvalue weighted by Crippen LogP contribution is 2.26. The Hall–Kier alpha value is -1.62. The summed E-state index contributed by atoms with van der Waals surface area (Å²) in [6.07, 6.45) is 3.23. The van der Waals surface area contributed by atoms with Crippen LogP contribution in [0.2, 0.25) is 0 Å². The third-order valence-electron chi connectivity index (χ3n) is 3.95. The van der Waals surface area contributed by atoms with Crippen molar-refractivity contribution in [2.24, 2.45) is 0 Å². The fraction of sp³-hybridized carbons (Fsp3) is 0.600. The van der Waals surface area contributed by atoms with Crippen LogP contribution < -0.4 is 5.32 Å². The van der Waals surface area contributed by atoms with Gasteiger partial charge in [-0.2, -0.15) is 0 Å². The Labute approximate surface area is 120 Å². The molecule has 0 saturated carbocycles. The molecule has 1 aliphatic heterocycles. The first kappa shape index (κ1) is 14.8. The zero-order valence-electron chi connectivity index (χ0n) is 12.2. The van der Waals surface area contributed by atoms with E-state index in [0.717, 1.165) is 32.4 Å². The molecule has 2 rings (SSSR count). The van der Waals surface area contributed by atoms with Gasteiger partial charge in [0.1, 0.15) is 5.69 Å². The molecule has 1 unspecified atom stereocenters. The van der Waals surface area contributed by atoms with Crippen LogP contribution in [0.1, 0.15) is 33.1 Å². The number of rotatable bonds is 4. The van der Waals surface area contributed by atoms with Crippen LogP contribution in [0.3, 0.4) is 0 Å². The molecule has 0 radical (unpaired) electrons. The maximum absolute atomic E-state index is 11.0. The SMILES string of the molecule is CC(C)N1CCCC(Nc2ccccc2[N+](=O)[O-])CC1. The summed E-state index contributed by atoms with van der Waals surface area (Å²) < 4.78 is 0. The van der Waals surface area contributed by atoms with Crippen molar-refractivity contribution in [1.82, 2.24) is 4.90 Å². The highest BCUT2D eigenvalue weighted by atomic mass is 16.6. The molecule has 5 heteroatoms. The lowest BCUT2D eigenvalue weighted by Crippen LogP contribution is -2.32. The second kappa shape index (κ2) is 6.70. The van der Waals surface area contributed by atoms with Crippen LogP contribution in [0, 0.1) is 10.1 Å². The lowest BCUT2D eigenvalue weighted by atomic mass is 10.1. The van der Waals surface area contributed by atoms with Crippen LogP contribution in [0.5, 0.6) is 0 Å². The predicted molar refractivity (Wildman–Crippen MR) is 81.1 cm³/mol. The highest BCUT2D eigenvalue weighted by Gasteiger charge is 2.21. The molecule has 1 aliphatic rings. The molecule has 0 bridgehead atoms. The van der Waals surface area contributed by atoms with E-state index in [4.69, 9.17) is 0 Å². The van der Waals surface area contributed by atoms with Gasteiger partial charge in [-0.05, 0) is 45.7 Å². The van der Waals surface area contributed by atoms with Gasteiger partial charge in [0.15, 0.2) is 0 Å². The van der Waals surface area contributed by atoms with Gasteiger partial charge in [-0.1, -0.05) is 12.1 Å². The van der Waals surface area contributed by atoms with Gasteiger partial charge in [-0.3, -0.25) is 10.1 Å². The maximum Gasteiger partial charge on any atom is 0.292 e. The van der Waals surface area contributed by atoms with Gasteiger partial charge >= 0.3 is 0 Å². The lowest BCUT2D eigenvalue weighted by Gasteiger charge is -2.24. The normalized spacial score (nSPS) is 20.6. The third-order valence-corrected chi connectivity index (χ3v) is 3.95. The number of para-hydroxylation sites is 2. The number of hydrogen-bond donors (Lipinski definition) is 1. The molecule has 110 valence electrons. The average molecular weight is 277 g/mol. The van der Waals surface area contributed by atoms with Crippen LogP contribution in [-0.2, 0) is 0 Å². The van der Waals surface area contributed by atoms with E-state index in [-0.39, 0.29) is 10.6 Å². The number of nitrogens with zero attached hydrogens (tertiary/aromatic N) is 2. The molecule has 0 spiro atoms. The van der Waals surface area contributed by atoms with Gasteiger partial charge < -0.3 is 10.2 Å². The van der Waals surface area contributed by atoms with E-state index >= 15 is 0 Å². The molecule has 1 aromatic rings. The first-order valence-corrected chi connectivity index (χ1v) is 7.32. The quantitative estimate of drug-likeness (QED) is 0.678. The monoisotopic (exact) mass is 277 g/mol. The first-order valence-electron chi connectivity index (χ1n) is 7.32. The van der Waals surface area contributed by atoms with E-state index in [1.54, 1.807) is 18.2 Å². The van der Waals surface area contributed by atoms with Crippen molar-refractivity contribution in [3.63, 3.8) is 0 Å². The van der Waals surface area contributed by atoms with Crippen LogP contribution in [-0.4, -0.2) is 35.0 Å². The van der Waals surface area contributed by atoms with Crippen LogP contribution in [0.25, 0.3) is 0 Å².